The van der Waals surface area contributed by atoms with Gasteiger partial charge in [-0.2, -0.15) is 4.21 Å². The zero-order chi connectivity index (χ0) is 11.4. The Morgan fingerprint density at radius 3 is 2.50 bits per heavy atom. The molecule has 0 aliphatic rings. The molecule has 6 heteroatoms. The van der Waals surface area contributed by atoms with Crippen molar-refractivity contribution in [3.63, 3.8) is 0 Å². The molecule has 0 fully saturated rings. The number of carbonyl (C=O) groups excluding carboxylic acids is 1. The summed E-state index contributed by atoms with van der Waals surface area (Å²) >= 11 is -2.31. The van der Waals surface area contributed by atoms with E-state index in [2.05, 4.69) is 16.1 Å². The van der Waals surface area contributed by atoms with Gasteiger partial charge in [-0.15, -0.1) is 0 Å². The Kier molecular flexibility index (Phi) is 4.96. The summed E-state index contributed by atoms with van der Waals surface area (Å²) in [5.74, 6) is -0.303. The SMILES string of the molecule is C=C(C)C(=O)NC(C)(C)COS(=O)O. The second-order valence-corrected chi connectivity index (χ2v) is 4.27. The molecule has 0 rings (SSSR count). The van der Waals surface area contributed by atoms with Crippen molar-refractivity contribution in [3.8, 4) is 0 Å². The molecule has 0 spiro atoms. The highest BCUT2D eigenvalue weighted by atomic mass is 32.2. The molecule has 1 unspecified atom stereocenters. The van der Waals surface area contributed by atoms with Crippen LogP contribution in [0.25, 0.3) is 0 Å². The van der Waals surface area contributed by atoms with E-state index in [0.717, 1.165) is 0 Å². The van der Waals surface area contributed by atoms with Crippen LogP contribution in [0.5, 0.6) is 0 Å². The summed E-state index contributed by atoms with van der Waals surface area (Å²) in [6, 6.07) is 0. The monoisotopic (exact) mass is 221 g/mol. The maximum atomic E-state index is 11.2. The van der Waals surface area contributed by atoms with E-state index in [0.29, 0.717) is 5.57 Å². The van der Waals surface area contributed by atoms with Gasteiger partial charge in [-0.25, -0.2) is 0 Å². The second-order valence-electron chi connectivity index (χ2n) is 3.60. The molecule has 5 nitrogen and oxygen atoms in total. The lowest BCUT2D eigenvalue weighted by molar-refractivity contribution is -0.119. The first kappa shape index (κ1) is 13.3. The van der Waals surface area contributed by atoms with Crippen LogP contribution in [0, 0.1) is 0 Å². The molecule has 0 aromatic heterocycles. The molecule has 0 heterocycles. The van der Waals surface area contributed by atoms with Crippen molar-refractivity contribution in [1.82, 2.24) is 5.32 Å². The minimum absolute atomic E-state index is 0.0465. The lowest BCUT2D eigenvalue weighted by Gasteiger charge is -2.24. The Bertz CT molecular complexity index is 262. The summed E-state index contributed by atoms with van der Waals surface area (Å²) in [5.41, 5.74) is -0.322. The van der Waals surface area contributed by atoms with E-state index in [-0.39, 0.29) is 12.5 Å². The average Bonchev–Trinajstić information content (AvgIpc) is 2.00. The molecule has 2 N–H and O–H groups in total. The average molecular weight is 221 g/mol. The smallest absolute Gasteiger partial charge is 0.301 e. The van der Waals surface area contributed by atoms with Crippen LogP contribution in [-0.4, -0.2) is 26.8 Å². The van der Waals surface area contributed by atoms with E-state index < -0.39 is 16.9 Å². The quantitative estimate of drug-likeness (QED) is 0.527. The van der Waals surface area contributed by atoms with Crippen LogP contribution in [0.15, 0.2) is 12.2 Å². The van der Waals surface area contributed by atoms with E-state index >= 15 is 0 Å². The van der Waals surface area contributed by atoms with Gasteiger partial charge in [-0.3, -0.25) is 13.5 Å². The van der Waals surface area contributed by atoms with Gasteiger partial charge < -0.3 is 5.32 Å². The Hall–Kier alpha value is -0.720. The lowest BCUT2D eigenvalue weighted by atomic mass is 10.1. The van der Waals surface area contributed by atoms with E-state index in [1.807, 2.05) is 0 Å². The first-order chi connectivity index (χ1) is 6.24. The minimum atomic E-state index is -2.31. The minimum Gasteiger partial charge on any atom is -0.345 e. The van der Waals surface area contributed by atoms with Crippen molar-refractivity contribution in [3.05, 3.63) is 12.2 Å². The number of hydrogen-bond acceptors (Lipinski definition) is 3. The number of carbonyl (C=O) groups is 1. The maximum Gasteiger partial charge on any atom is 0.301 e. The Morgan fingerprint density at radius 2 is 2.14 bits per heavy atom. The van der Waals surface area contributed by atoms with Crippen molar-refractivity contribution < 1.29 is 17.7 Å². The summed E-state index contributed by atoms with van der Waals surface area (Å²) in [4.78, 5) is 11.2. The van der Waals surface area contributed by atoms with Crippen LogP contribution < -0.4 is 5.32 Å². The van der Waals surface area contributed by atoms with Crippen LogP contribution in [0.2, 0.25) is 0 Å². The largest absolute Gasteiger partial charge is 0.345 e. The molecule has 1 atom stereocenters. The van der Waals surface area contributed by atoms with Crippen molar-refractivity contribution in [1.29, 1.82) is 0 Å². The number of nitrogens with one attached hydrogen (secondary N) is 1. The van der Waals surface area contributed by atoms with Gasteiger partial charge in [0, 0.05) is 5.57 Å². The topological polar surface area (TPSA) is 75.6 Å². The van der Waals surface area contributed by atoms with Gasteiger partial charge in [-0.05, 0) is 20.8 Å². The second kappa shape index (κ2) is 5.23. The number of amides is 1. The summed E-state index contributed by atoms with van der Waals surface area (Å²) < 4.78 is 23.1. The van der Waals surface area contributed by atoms with Gasteiger partial charge >= 0.3 is 11.4 Å². The standard InChI is InChI=1S/C8H15NO4S/c1-6(2)7(10)9-8(3,4)5-13-14(11)12/h1,5H2,2-4H3,(H,9,10)(H,11,12). The molecule has 0 saturated carbocycles. The van der Waals surface area contributed by atoms with Gasteiger partial charge in [0.25, 0.3) is 0 Å². The van der Waals surface area contributed by atoms with Crippen LogP contribution in [0.4, 0.5) is 0 Å². The van der Waals surface area contributed by atoms with E-state index in [4.69, 9.17) is 4.55 Å². The van der Waals surface area contributed by atoms with Gasteiger partial charge in [0.1, 0.15) is 0 Å². The number of hydrogen-bond donors (Lipinski definition) is 2. The van der Waals surface area contributed by atoms with Crippen LogP contribution in [0.1, 0.15) is 20.8 Å². The molecule has 82 valence electrons. The van der Waals surface area contributed by atoms with Gasteiger partial charge in [0.2, 0.25) is 5.91 Å². The molecule has 0 aromatic carbocycles. The fourth-order valence-electron chi connectivity index (χ4n) is 0.648. The van der Waals surface area contributed by atoms with E-state index in [1.165, 1.54) is 0 Å². The molecule has 0 aromatic rings. The van der Waals surface area contributed by atoms with Crippen molar-refractivity contribution >= 4 is 17.3 Å². The van der Waals surface area contributed by atoms with Crippen LogP contribution in [-0.2, 0) is 20.3 Å². The third-order valence-corrected chi connectivity index (χ3v) is 1.68. The van der Waals surface area contributed by atoms with Crippen molar-refractivity contribution in [2.45, 2.75) is 26.3 Å². The maximum absolute atomic E-state index is 11.2. The number of rotatable bonds is 5. The molecular weight excluding hydrogens is 206 g/mol. The third-order valence-electron chi connectivity index (χ3n) is 1.36. The molecule has 0 saturated heterocycles. The first-order valence-electron chi connectivity index (χ1n) is 3.97. The Labute approximate surface area is 86.0 Å². The van der Waals surface area contributed by atoms with E-state index in [1.54, 1.807) is 20.8 Å². The Morgan fingerprint density at radius 1 is 1.64 bits per heavy atom. The Balaban J connectivity index is 4.13. The molecule has 0 radical (unpaired) electrons. The first-order valence-corrected chi connectivity index (χ1v) is 5.00. The summed E-state index contributed by atoms with van der Waals surface area (Å²) in [5, 5.41) is 2.60. The highest BCUT2D eigenvalue weighted by Gasteiger charge is 2.21. The van der Waals surface area contributed by atoms with Crippen molar-refractivity contribution in [2.75, 3.05) is 6.61 Å². The summed E-state index contributed by atoms with van der Waals surface area (Å²) in [6.45, 7) is 8.37. The summed E-state index contributed by atoms with van der Waals surface area (Å²) in [6.07, 6.45) is 0. The van der Waals surface area contributed by atoms with Gasteiger partial charge in [0.05, 0.1) is 12.1 Å². The summed E-state index contributed by atoms with van der Waals surface area (Å²) in [7, 11) is 0. The highest BCUT2D eigenvalue weighted by Crippen LogP contribution is 2.04. The zero-order valence-corrected chi connectivity index (χ0v) is 9.31. The molecule has 0 bridgehead atoms. The molecule has 0 aliphatic heterocycles. The fraction of sp³-hybridized carbons (Fsp3) is 0.625. The fourth-order valence-corrected chi connectivity index (χ4v) is 1.04. The predicted molar refractivity (Wildman–Crippen MR) is 53.8 cm³/mol. The molecule has 0 aliphatic carbocycles. The van der Waals surface area contributed by atoms with Crippen LogP contribution >= 0.6 is 0 Å². The van der Waals surface area contributed by atoms with E-state index in [9.17, 15) is 9.00 Å². The van der Waals surface area contributed by atoms with Gasteiger partial charge in [0.15, 0.2) is 0 Å². The van der Waals surface area contributed by atoms with Gasteiger partial charge in [-0.1, -0.05) is 6.58 Å². The third kappa shape index (κ3) is 5.85. The zero-order valence-electron chi connectivity index (χ0n) is 8.49. The molecular formula is C8H15NO4S. The lowest BCUT2D eigenvalue weighted by Crippen LogP contribution is -2.47. The molecule has 14 heavy (non-hydrogen) atoms. The van der Waals surface area contributed by atoms with Crippen molar-refractivity contribution in [2.24, 2.45) is 0 Å². The molecule has 1 amide bonds. The predicted octanol–water partition coefficient (Wildman–Crippen LogP) is 0.611. The highest BCUT2D eigenvalue weighted by molar-refractivity contribution is 7.74. The normalized spacial score (nSPS) is 13.4. The van der Waals surface area contributed by atoms with Crippen LogP contribution in [0.3, 0.4) is 0 Å².